The lowest BCUT2D eigenvalue weighted by atomic mass is 10.2. The normalized spacial score (nSPS) is 10.2. The van der Waals surface area contributed by atoms with Crippen LogP contribution in [0.4, 0.5) is 10.1 Å². The third-order valence-electron chi connectivity index (χ3n) is 3.23. The molecule has 0 spiro atoms. The lowest BCUT2D eigenvalue weighted by Crippen LogP contribution is -2.18. The number of aromatic carboxylic acids is 1. The first kappa shape index (κ1) is 16.7. The van der Waals surface area contributed by atoms with Crippen molar-refractivity contribution in [2.75, 3.05) is 5.32 Å². The zero-order valence-corrected chi connectivity index (χ0v) is 12.9. The summed E-state index contributed by atoms with van der Waals surface area (Å²) in [6, 6.07) is 3.92. The molecule has 3 aromatic rings. The van der Waals surface area contributed by atoms with Crippen molar-refractivity contribution in [2.45, 2.75) is 0 Å². The third-order valence-corrected chi connectivity index (χ3v) is 3.23. The van der Waals surface area contributed by atoms with E-state index in [4.69, 9.17) is 11.5 Å². The van der Waals surface area contributed by atoms with E-state index in [0.29, 0.717) is 5.82 Å². The van der Waals surface area contributed by atoms with Crippen molar-refractivity contribution in [3.05, 3.63) is 59.8 Å². The molecule has 0 aliphatic rings. The van der Waals surface area contributed by atoms with Crippen molar-refractivity contribution >= 4 is 17.6 Å². The van der Waals surface area contributed by atoms with Gasteiger partial charge < -0.3 is 10.4 Å². The zero-order valence-electron chi connectivity index (χ0n) is 12.9. The van der Waals surface area contributed by atoms with Crippen LogP contribution in [0.3, 0.4) is 0 Å². The summed E-state index contributed by atoms with van der Waals surface area (Å²) in [5.74, 6) is -0.945. The number of imidazole rings is 1. The summed E-state index contributed by atoms with van der Waals surface area (Å²) in [6.07, 6.45) is 9.84. The summed E-state index contributed by atoms with van der Waals surface area (Å²) < 4.78 is 15.2. The van der Waals surface area contributed by atoms with E-state index in [1.54, 1.807) is 17.0 Å². The maximum atomic E-state index is 13.6. The van der Waals surface area contributed by atoms with Crippen molar-refractivity contribution < 1.29 is 19.1 Å². The zero-order chi connectivity index (χ0) is 18.7. The number of hydrogen-bond donors (Lipinski definition) is 2. The number of hydrogen-bond acceptors (Lipinski definition) is 6. The molecular formula is C16H9FN6O3. The number of carbonyl (C=O) groups excluding carboxylic acids is 1. The van der Waals surface area contributed by atoms with Crippen molar-refractivity contribution in [1.29, 1.82) is 0 Å². The van der Waals surface area contributed by atoms with Crippen molar-refractivity contribution in [1.82, 2.24) is 24.7 Å². The Kier molecular flexibility index (Phi) is 4.36. The number of nitrogens with one attached hydrogen (secondary N) is 1. The lowest BCUT2D eigenvalue weighted by Gasteiger charge is -2.09. The molecule has 0 unspecified atom stereocenters. The van der Waals surface area contributed by atoms with Gasteiger partial charge in [-0.3, -0.25) is 9.36 Å². The largest absolute Gasteiger partial charge is 0.476 e. The molecule has 0 aliphatic carbocycles. The Balaban J connectivity index is 1.88. The minimum Gasteiger partial charge on any atom is -0.476 e. The second-order valence-corrected chi connectivity index (χ2v) is 4.87. The Labute approximate surface area is 145 Å². The van der Waals surface area contributed by atoms with E-state index in [2.05, 4.69) is 25.5 Å². The standard InChI is InChI=1S/C16H9FN6O3/c1-2-9-7-11(13(16(25)26)20-14(9)17)19-15(24)10-3-4-12(22-21-10)23-6-5-18-8-23/h1,3-8H,(H,19,24)(H,25,26). The summed E-state index contributed by atoms with van der Waals surface area (Å²) in [5, 5.41) is 19.1. The topological polar surface area (TPSA) is 123 Å². The number of nitrogens with zero attached hydrogens (tertiary/aromatic N) is 5. The summed E-state index contributed by atoms with van der Waals surface area (Å²) >= 11 is 0. The number of carbonyl (C=O) groups is 2. The van der Waals surface area contributed by atoms with E-state index >= 15 is 0 Å². The molecule has 128 valence electrons. The van der Waals surface area contributed by atoms with Crippen LogP contribution in [0.25, 0.3) is 5.82 Å². The number of carboxylic acids is 1. The van der Waals surface area contributed by atoms with Crippen LogP contribution in [0.15, 0.2) is 36.9 Å². The molecule has 0 saturated carbocycles. The first-order chi connectivity index (χ1) is 12.5. The van der Waals surface area contributed by atoms with Crippen molar-refractivity contribution in [3.8, 4) is 18.2 Å². The van der Waals surface area contributed by atoms with Gasteiger partial charge in [0, 0.05) is 12.4 Å². The molecule has 2 N–H and O–H groups in total. The molecule has 0 bridgehead atoms. The molecule has 0 aliphatic heterocycles. The minimum atomic E-state index is -1.52. The fourth-order valence-corrected chi connectivity index (χ4v) is 2.02. The number of terminal acetylenes is 1. The van der Waals surface area contributed by atoms with E-state index < -0.39 is 23.5 Å². The first-order valence-electron chi connectivity index (χ1n) is 7.03. The molecule has 9 nitrogen and oxygen atoms in total. The van der Waals surface area contributed by atoms with Gasteiger partial charge in [-0.15, -0.1) is 16.6 Å². The van der Waals surface area contributed by atoms with Crippen LogP contribution < -0.4 is 5.32 Å². The van der Waals surface area contributed by atoms with Gasteiger partial charge >= 0.3 is 5.97 Å². The summed E-state index contributed by atoms with van der Waals surface area (Å²) in [6.45, 7) is 0. The lowest BCUT2D eigenvalue weighted by molar-refractivity contribution is 0.0690. The molecule has 3 heterocycles. The van der Waals surface area contributed by atoms with E-state index in [9.17, 15) is 14.0 Å². The van der Waals surface area contributed by atoms with Gasteiger partial charge in [0.15, 0.2) is 17.2 Å². The molecular weight excluding hydrogens is 343 g/mol. The fourth-order valence-electron chi connectivity index (χ4n) is 2.02. The first-order valence-corrected chi connectivity index (χ1v) is 7.03. The van der Waals surface area contributed by atoms with E-state index in [-0.39, 0.29) is 16.9 Å². The Morgan fingerprint density at radius 1 is 1.31 bits per heavy atom. The highest BCUT2D eigenvalue weighted by molar-refractivity contribution is 6.06. The van der Waals surface area contributed by atoms with Crippen LogP contribution in [0, 0.1) is 18.3 Å². The Morgan fingerprint density at radius 2 is 2.12 bits per heavy atom. The molecule has 0 fully saturated rings. The maximum Gasteiger partial charge on any atom is 0.356 e. The van der Waals surface area contributed by atoms with E-state index in [1.807, 2.05) is 5.92 Å². The van der Waals surface area contributed by atoms with Gasteiger partial charge in [0.2, 0.25) is 5.95 Å². The molecule has 0 saturated heterocycles. The Morgan fingerprint density at radius 3 is 2.69 bits per heavy atom. The molecule has 10 heteroatoms. The average molecular weight is 352 g/mol. The van der Waals surface area contributed by atoms with Crippen LogP contribution in [0.2, 0.25) is 0 Å². The fraction of sp³-hybridized carbons (Fsp3) is 0. The molecule has 3 rings (SSSR count). The van der Waals surface area contributed by atoms with Gasteiger partial charge in [0.1, 0.15) is 6.33 Å². The Hall–Kier alpha value is -4.13. The summed E-state index contributed by atoms with van der Waals surface area (Å²) in [7, 11) is 0. The summed E-state index contributed by atoms with van der Waals surface area (Å²) in [4.78, 5) is 30.6. The molecule has 0 aromatic carbocycles. The number of pyridine rings is 1. The number of halogens is 1. The third kappa shape index (κ3) is 3.22. The highest BCUT2D eigenvalue weighted by Crippen LogP contribution is 2.18. The predicted molar refractivity (Wildman–Crippen MR) is 86.2 cm³/mol. The van der Waals surface area contributed by atoms with Crippen LogP contribution in [-0.2, 0) is 0 Å². The number of amides is 1. The smallest absolute Gasteiger partial charge is 0.356 e. The second kappa shape index (κ2) is 6.78. The van der Waals surface area contributed by atoms with Crippen molar-refractivity contribution in [3.63, 3.8) is 0 Å². The molecule has 0 atom stereocenters. The number of carboxylic acid groups (broad SMARTS) is 1. The van der Waals surface area contributed by atoms with Gasteiger partial charge in [0.05, 0.1) is 11.3 Å². The molecule has 1 amide bonds. The number of aromatic nitrogens is 5. The van der Waals surface area contributed by atoms with E-state index in [1.165, 1.54) is 18.5 Å². The monoisotopic (exact) mass is 352 g/mol. The number of rotatable bonds is 4. The van der Waals surface area contributed by atoms with Gasteiger partial charge in [0.25, 0.3) is 5.91 Å². The molecule has 3 aromatic heterocycles. The SMILES string of the molecule is C#Cc1cc(NC(=O)c2ccc(-n3ccnc3)nn2)c(C(=O)O)nc1F. The number of anilines is 1. The van der Waals surface area contributed by atoms with Crippen LogP contribution >= 0.6 is 0 Å². The molecule has 26 heavy (non-hydrogen) atoms. The highest BCUT2D eigenvalue weighted by Gasteiger charge is 2.19. The summed E-state index contributed by atoms with van der Waals surface area (Å²) in [5.41, 5.74) is -1.31. The predicted octanol–water partition coefficient (Wildman–Crippen LogP) is 1.13. The highest BCUT2D eigenvalue weighted by atomic mass is 19.1. The minimum absolute atomic E-state index is 0.0863. The van der Waals surface area contributed by atoms with Crippen LogP contribution in [0.5, 0.6) is 0 Å². The average Bonchev–Trinajstić information content (AvgIpc) is 3.17. The van der Waals surface area contributed by atoms with E-state index in [0.717, 1.165) is 6.07 Å². The Bertz CT molecular complexity index is 1030. The maximum absolute atomic E-state index is 13.6. The van der Waals surface area contributed by atoms with Crippen LogP contribution in [0.1, 0.15) is 26.5 Å². The second-order valence-electron chi connectivity index (χ2n) is 4.87. The van der Waals surface area contributed by atoms with Gasteiger partial charge in [-0.1, -0.05) is 5.92 Å². The van der Waals surface area contributed by atoms with Gasteiger partial charge in [-0.25, -0.2) is 14.8 Å². The molecule has 0 radical (unpaired) electrons. The van der Waals surface area contributed by atoms with Gasteiger partial charge in [-0.2, -0.15) is 4.39 Å². The van der Waals surface area contributed by atoms with Gasteiger partial charge in [-0.05, 0) is 18.2 Å². The van der Waals surface area contributed by atoms with Crippen molar-refractivity contribution in [2.24, 2.45) is 0 Å². The van der Waals surface area contributed by atoms with Crippen LogP contribution in [-0.4, -0.2) is 41.7 Å². The quantitative estimate of drug-likeness (QED) is 0.533.